The third-order valence-corrected chi connectivity index (χ3v) is 5.04. The standard InChI is InChI=1S/C13H16ClNO2S/c1-3-15-8-10(9-18(16,17)4-2)13-11(14)6-5-7-12(13)15/h5-8H,3-4,9H2,1-2H3. The van der Waals surface area contributed by atoms with Crippen LogP contribution >= 0.6 is 11.6 Å². The topological polar surface area (TPSA) is 39.1 Å². The van der Waals surface area contributed by atoms with Crippen LogP contribution in [0, 0.1) is 0 Å². The van der Waals surface area contributed by atoms with Crippen molar-refractivity contribution in [2.75, 3.05) is 5.75 Å². The number of sulfone groups is 1. The zero-order chi connectivity index (χ0) is 13.3. The fourth-order valence-corrected chi connectivity index (χ4v) is 3.29. The highest BCUT2D eigenvalue weighted by molar-refractivity contribution is 7.90. The number of hydrogen-bond acceptors (Lipinski definition) is 2. The van der Waals surface area contributed by atoms with Crippen molar-refractivity contribution in [3.8, 4) is 0 Å². The summed E-state index contributed by atoms with van der Waals surface area (Å²) in [5, 5.41) is 1.47. The Morgan fingerprint density at radius 2 is 2.00 bits per heavy atom. The van der Waals surface area contributed by atoms with Gasteiger partial charge in [-0.3, -0.25) is 0 Å². The Hall–Kier alpha value is -1.00. The summed E-state index contributed by atoms with van der Waals surface area (Å²) in [6.45, 7) is 4.48. The molecule has 0 fully saturated rings. The van der Waals surface area contributed by atoms with Crippen LogP contribution in [-0.2, 0) is 22.1 Å². The molecule has 0 aliphatic rings. The van der Waals surface area contributed by atoms with Crippen molar-refractivity contribution in [2.24, 2.45) is 0 Å². The lowest BCUT2D eigenvalue weighted by molar-refractivity contribution is 0.596. The summed E-state index contributed by atoms with van der Waals surface area (Å²) in [4.78, 5) is 0. The second-order valence-corrected chi connectivity index (χ2v) is 7.01. The van der Waals surface area contributed by atoms with Gasteiger partial charge in [0.2, 0.25) is 0 Å². The van der Waals surface area contributed by atoms with E-state index >= 15 is 0 Å². The van der Waals surface area contributed by atoms with E-state index in [1.165, 1.54) is 0 Å². The van der Waals surface area contributed by atoms with Gasteiger partial charge >= 0.3 is 0 Å². The third kappa shape index (κ3) is 2.40. The zero-order valence-corrected chi connectivity index (χ0v) is 12.1. The average molecular weight is 286 g/mol. The van der Waals surface area contributed by atoms with Crippen molar-refractivity contribution in [3.63, 3.8) is 0 Å². The number of aromatic nitrogens is 1. The molecule has 5 heteroatoms. The summed E-state index contributed by atoms with van der Waals surface area (Å²) in [6.07, 6.45) is 1.89. The predicted octanol–water partition coefficient (Wildman–Crippen LogP) is 3.25. The molecule has 1 heterocycles. The normalized spacial score (nSPS) is 12.2. The molecule has 1 aromatic carbocycles. The van der Waals surface area contributed by atoms with E-state index in [2.05, 4.69) is 0 Å². The largest absolute Gasteiger partial charge is 0.347 e. The van der Waals surface area contributed by atoms with E-state index < -0.39 is 9.84 Å². The van der Waals surface area contributed by atoms with Gasteiger partial charge < -0.3 is 4.57 Å². The van der Waals surface area contributed by atoms with E-state index in [9.17, 15) is 8.42 Å². The van der Waals surface area contributed by atoms with Gasteiger partial charge in [-0.25, -0.2) is 8.42 Å². The highest BCUT2D eigenvalue weighted by atomic mass is 35.5. The van der Waals surface area contributed by atoms with Crippen LogP contribution in [0.2, 0.25) is 5.02 Å². The lowest BCUT2D eigenvalue weighted by Gasteiger charge is -2.01. The summed E-state index contributed by atoms with van der Waals surface area (Å²) in [7, 11) is -3.05. The Bertz CT molecular complexity index is 674. The first-order valence-electron chi connectivity index (χ1n) is 5.95. The van der Waals surface area contributed by atoms with Gasteiger partial charge in [-0.15, -0.1) is 0 Å². The van der Waals surface area contributed by atoms with E-state index in [1.54, 1.807) is 13.0 Å². The quantitative estimate of drug-likeness (QED) is 0.865. The first-order valence-corrected chi connectivity index (χ1v) is 8.15. The molecule has 2 rings (SSSR count). The van der Waals surface area contributed by atoms with Crippen molar-refractivity contribution in [2.45, 2.75) is 26.1 Å². The van der Waals surface area contributed by atoms with Crippen LogP contribution in [0.25, 0.3) is 10.9 Å². The molecule has 0 unspecified atom stereocenters. The third-order valence-electron chi connectivity index (χ3n) is 3.09. The van der Waals surface area contributed by atoms with Crippen molar-refractivity contribution in [3.05, 3.63) is 35.0 Å². The van der Waals surface area contributed by atoms with Crippen LogP contribution in [-0.4, -0.2) is 18.7 Å². The molecule has 0 spiro atoms. The number of halogens is 1. The number of hydrogen-bond donors (Lipinski definition) is 0. The van der Waals surface area contributed by atoms with Gasteiger partial charge in [0.15, 0.2) is 9.84 Å². The molecule has 0 aliphatic carbocycles. The van der Waals surface area contributed by atoms with Crippen LogP contribution < -0.4 is 0 Å². The Labute approximate surface area is 112 Å². The Morgan fingerprint density at radius 3 is 2.61 bits per heavy atom. The second-order valence-electron chi connectivity index (χ2n) is 4.25. The Morgan fingerprint density at radius 1 is 1.28 bits per heavy atom. The number of aryl methyl sites for hydroxylation is 1. The molecule has 0 aliphatic heterocycles. The van der Waals surface area contributed by atoms with Crippen LogP contribution in [0.15, 0.2) is 24.4 Å². The van der Waals surface area contributed by atoms with E-state index in [0.717, 1.165) is 23.0 Å². The van der Waals surface area contributed by atoms with E-state index in [4.69, 9.17) is 11.6 Å². The lowest BCUT2D eigenvalue weighted by Crippen LogP contribution is -2.06. The van der Waals surface area contributed by atoms with Crippen LogP contribution in [0.4, 0.5) is 0 Å². The van der Waals surface area contributed by atoms with Crippen molar-refractivity contribution < 1.29 is 8.42 Å². The molecule has 0 saturated carbocycles. The summed E-state index contributed by atoms with van der Waals surface area (Å²) in [6, 6.07) is 5.65. The molecule has 98 valence electrons. The summed E-state index contributed by atoms with van der Waals surface area (Å²) in [5.74, 6) is 0.201. The number of rotatable bonds is 4. The maximum absolute atomic E-state index is 11.8. The van der Waals surface area contributed by atoms with E-state index in [0.29, 0.717) is 5.02 Å². The highest BCUT2D eigenvalue weighted by Crippen LogP contribution is 2.30. The highest BCUT2D eigenvalue weighted by Gasteiger charge is 2.16. The molecule has 1 aromatic heterocycles. The molecule has 3 nitrogen and oxygen atoms in total. The second kappa shape index (κ2) is 4.94. The van der Waals surface area contributed by atoms with Gasteiger partial charge in [0.05, 0.1) is 10.8 Å². The fourth-order valence-electron chi connectivity index (χ4n) is 2.10. The molecule has 0 radical (unpaired) electrons. The number of fused-ring (bicyclic) bond motifs is 1. The smallest absolute Gasteiger partial charge is 0.154 e. The van der Waals surface area contributed by atoms with Crippen molar-refractivity contribution in [1.29, 1.82) is 0 Å². The molecule has 0 amide bonds. The Balaban J connectivity index is 2.64. The van der Waals surface area contributed by atoms with Gasteiger partial charge in [-0.05, 0) is 24.6 Å². The predicted molar refractivity (Wildman–Crippen MR) is 75.8 cm³/mol. The zero-order valence-electron chi connectivity index (χ0n) is 10.5. The van der Waals surface area contributed by atoms with E-state index in [1.807, 2.05) is 29.8 Å². The number of benzene rings is 1. The lowest BCUT2D eigenvalue weighted by atomic mass is 10.2. The molecular weight excluding hydrogens is 270 g/mol. The molecule has 0 N–H and O–H groups in total. The van der Waals surface area contributed by atoms with Gasteiger partial charge in [0.1, 0.15) is 0 Å². The molecular formula is C13H16ClNO2S. The maximum atomic E-state index is 11.8. The molecule has 0 atom stereocenters. The monoisotopic (exact) mass is 285 g/mol. The minimum atomic E-state index is -3.05. The Kier molecular flexibility index (Phi) is 3.69. The number of nitrogens with zero attached hydrogens (tertiary/aromatic N) is 1. The SMILES string of the molecule is CCn1cc(CS(=O)(=O)CC)c2c(Cl)cccc21. The van der Waals surface area contributed by atoms with Crippen molar-refractivity contribution >= 4 is 32.3 Å². The van der Waals surface area contributed by atoms with Crippen LogP contribution in [0.3, 0.4) is 0 Å². The first kappa shape index (κ1) is 13.4. The molecule has 2 aromatic rings. The van der Waals surface area contributed by atoms with Crippen LogP contribution in [0.1, 0.15) is 19.4 Å². The van der Waals surface area contributed by atoms with Gasteiger partial charge in [-0.1, -0.05) is 24.6 Å². The summed E-state index contributed by atoms with van der Waals surface area (Å²) >= 11 is 6.20. The molecule has 0 bridgehead atoms. The fraction of sp³-hybridized carbons (Fsp3) is 0.385. The summed E-state index contributed by atoms with van der Waals surface area (Å²) in [5.41, 5.74) is 1.78. The van der Waals surface area contributed by atoms with E-state index in [-0.39, 0.29) is 11.5 Å². The minimum Gasteiger partial charge on any atom is -0.347 e. The molecule has 18 heavy (non-hydrogen) atoms. The average Bonchev–Trinajstić information content (AvgIpc) is 2.68. The first-order chi connectivity index (χ1) is 8.48. The summed E-state index contributed by atoms with van der Waals surface area (Å²) < 4.78 is 25.6. The maximum Gasteiger partial charge on any atom is 0.154 e. The molecule has 0 saturated heterocycles. The van der Waals surface area contributed by atoms with Gasteiger partial charge in [0.25, 0.3) is 0 Å². The van der Waals surface area contributed by atoms with Crippen LogP contribution in [0.5, 0.6) is 0 Å². The van der Waals surface area contributed by atoms with Crippen molar-refractivity contribution in [1.82, 2.24) is 4.57 Å². The van der Waals surface area contributed by atoms with Gasteiger partial charge in [-0.2, -0.15) is 0 Å². The minimum absolute atomic E-state index is 0.0523. The van der Waals surface area contributed by atoms with Gasteiger partial charge in [0, 0.05) is 29.4 Å².